The Morgan fingerprint density at radius 2 is 2.22 bits per heavy atom. The van der Waals surface area contributed by atoms with Crippen molar-refractivity contribution in [1.82, 2.24) is 10.3 Å². The first-order chi connectivity index (χ1) is 10.6. The smallest absolute Gasteiger partial charge is 0.244 e. The van der Waals surface area contributed by atoms with Crippen LogP contribution in [0.3, 0.4) is 0 Å². The molecule has 1 aliphatic heterocycles. The number of nitrogens with one attached hydrogen (secondary N) is 2. The number of anilines is 1. The van der Waals surface area contributed by atoms with Crippen molar-refractivity contribution in [3.63, 3.8) is 0 Å². The summed E-state index contributed by atoms with van der Waals surface area (Å²) in [5, 5.41) is 9.47. The van der Waals surface area contributed by atoms with Gasteiger partial charge in [0.2, 0.25) is 5.91 Å². The number of halogens is 1. The number of hydrogen-bond donors (Lipinski definition) is 2. The van der Waals surface area contributed by atoms with Gasteiger partial charge in [0, 0.05) is 16.6 Å². The summed E-state index contributed by atoms with van der Waals surface area (Å²) in [6, 6.07) is 7.88. The lowest BCUT2D eigenvalue weighted by Gasteiger charge is -2.33. The molecule has 6 heteroatoms. The molecule has 2 heterocycles. The second-order valence-electron chi connectivity index (χ2n) is 6.00. The zero-order valence-electron chi connectivity index (χ0n) is 13.4. The highest BCUT2D eigenvalue weighted by molar-refractivity contribution is 7.09. The molecule has 0 radical (unpaired) electrons. The van der Waals surface area contributed by atoms with Crippen molar-refractivity contribution in [2.75, 3.05) is 11.9 Å². The maximum absolute atomic E-state index is 12.6. The van der Waals surface area contributed by atoms with Gasteiger partial charge < -0.3 is 10.6 Å². The summed E-state index contributed by atoms with van der Waals surface area (Å²) in [6.07, 6.45) is 3.11. The van der Waals surface area contributed by atoms with Crippen molar-refractivity contribution in [2.45, 2.75) is 38.6 Å². The van der Waals surface area contributed by atoms with Crippen LogP contribution in [0.25, 0.3) is 11.3 Å². The Morgan fingerprint density at radius 1 is 1.39 bits per heavy atom. The minimum absolute atomic E-state index is 0. The number of amides is 1. The Kier molecular flexibility index (Phi) is 5.79. The van der Waals surface area contributed by atoms with Crippen LogP contribution in [0.1, 0.15) is 31.2 Å². The monoisotopic (exact) mass is 351 g/mol. The van der Waals surface area contributed by atoms with Crippen LogP contribution in [0, 0.1) is 6.92 Å². The van der Waals surface area contributed by atoms with E-state index in [4.69, 9.17) is 0 Å². The normalized spacial score (nSPS) is 20.6. The van der Waals surface area contributed by atoms with E-state index >= 15 is 0 Å². The standard InChI is InChI=1S/C17H21N3OS.ClH/c1-12-19-15(11-22-12)13-6-5-7-14(10-13)20-16(21)17(2)8-3-4-9-18-17;/h5-7,10-11,18H,3-4,8-9H2,1-2H3,(H,20,21);1H. The van der Waals surface area contributed by atoms with E-state index in [9.17, 15) is 4.79 Å². The van der Waals surface area contributed by atoms with Crippen LogP contribution in [-0.2, 0) is 4.79 Å². The summed E-state index contributed by atoms with van der Waals surface area (Å²) >= 11 is 1.63. The molecule has 1 amide bonds. The molecule has 0 bridgehead atoms. The lowest BCUT2D eigenvalue weighted by Crippen LogP contribution is -2.54. The van der Waals surface area contributed by atoms with Gasteiger partial charge in [-0.3, -0.25) is 4.79 Å². The Morgan fingerprint density at radius 3 is 2.87 bits per heavy atom. The van der Waals surface area contributed by atoms with E-state index in [-0.39, 0.29) is 18.3 Å². The lowest BCUT2D eigenvalue weighted by atomic mass is 9.90. The number of piperidine rings is 1. The maximum Gasteiger partial charge on any atom is 0.244 e. The Labute approximate surface area is 147 Å². The largest absolute Gasteiger partial charge is 0.324 e. The third kappa shape index (κ3) is 4.10. The van der Waals surface area contributed by atoms with Crippen molar-refractivity contribution in [3.8, 4) is 11.3 Å². The van der Waals surface area contributed by atoms with E-state index in [1.165, 1.54) is 0 Å². The molecule has 23 heavy (non-hydrogen) atoms. The van der Waals surface area contributed by atoms with Crippen LogP contribution in [0.4, 0.5) is 5.69 Å². The van der Waals surface area contributed by atoms with Crippen molar-refractivity contribution >= 4 is 35.3 Å². The number of thiazole rings is 1. The number of nitrogens with zero attached hydrogens (tertiary/aromatic N) is 1. The third-order valence-electron chi connectivity index (χ3n) is 4.16. The number of aryl methyl sites for hydroxylation is 1. The minimum atomic E-state index is -0.467. The predicted octanol–water partition coefficient (Wildman–Crippen LogP) is 4.01. The molecule has 4 nitrogen and oxygen atoms in total. The fourth-order valence-electron chi connectivity index (χ4n) is 2.77. The number of hydrogen-bond acceptors (Lipinski definition) is 4. The summed E-state index contributed by atoms with van der Waals surface area (Å²) in [5.74, 6) is 0.0406. The topological polar surface area (TPSA) is 54.0 Å². The van der Waals surface area contributed by atoms with Gasteiger partial charge in [-0.1, -0.05) is 12.1 Å². The van der Waals surface area contributed by atoms with E-state index in [1.54, 1.807) is 11.3 Å². The van der Waals surface area contributed by atoms with Gasteiger partial charge in [0.1, 0.15) is 0 Å². The average Bonchev–Trinajstić information content (AvgIpc) is 2.95. The van der Waals surface area contributed by atoms with Crippen LogP contribution in [0.5, 0.6) is 0 Å². The van der Waals surface area contributed by atoms with Gasteiger partial charge in [-0.2, -0.15) is 0 Å². The van der Waals surface area contributed by atoms with E-state index in [0.717, 1.165) is 47.8 Å². The molecule has 1 unspecified atom stereocenters. The third-order valence-corrected chi connectivity index (χ3v) is 4.93. The van der Waals surface area contributed by atoms with E-state index < -0.39 is 5.54 Å². The Bertz CT molecular complexity index is 680. The molecule has 124 valence electrons. The molecule has 2 N–H and O–H groups in total. The number of carbonyl (C=O) groups excluding carboxylic acids is 1. The van der Waals surface area contributed by atoms with Crippen LogP contribution >= 0.6 is 23.7 Å². The van der Waals surface area contributed by atoms with Gasteiger partial charge in [0.25, 0.3) is 0 Å². The highest BCUT2D eigenvalue weighted by Crippen LogP contribution is 2.25. The first-order valence-corrected chi connectivity index (χ1v) is 8.54. The maximum atomic E-state index is 12.6. The molecule has 1 aliphatic rings. The molecule has 1 atom stereocenters. The number of aromatic nitrogens is 1. The molecule has 2 aromatic rings. The summed E-state index contributed by atoms with van der Waals surface area (Å²) in [6.45, 7) is 4.88. The summed E-state index contributed by atoms with van der Waals surface area (Å²) < 4.78 is 0. The molecule has 1 aromatic carbocycles. The summed E-state index contributed by atoms with van der Waals surface area (Å²) in [4.78, 5) is 17.1. The van der Waals surface area contributed by atoms with Crippen LogP contribution < -0.4 is 10.6 Å². The molecule has 0 saturated carbocycles. The lowest BCUT2D eigenvalue weighted by molar-refractivity contribution is -0.122. The first-order valence-electron chi connectivity index (χ1n) is 7.66. The molecule has 3 rings (SSSR count). The molecule has 1 fully saturated rings. The van der Waals surface area contributed by atoms with Gasteiger partial charge in [0.15, 0.2) is 0 Å². The van der Waals surface area contributed by atoms with Crippen LogP contribution in [-0.4, -0.2) is 23.0 Å². The zero-order chi connectivity index (χ0) is 15.6. The number of carbonyl (C=O) groups is 1. The van der Waals surface area contributed by atoms with Gasteiger partial charge in [-0.15, -0.1) is 23.7 Å². The zero-order valence-corrected chi connectivity index (χ0v) is 15.0. The van der Waals surface area contributed by atoms with Gasteiger partial charge in [0.05, 0.1) is 16.2 Å². The SMILES string of the molecule is Cc1nc(-c2cccc(NC(=O)C3(C)CCCCN3)c2)cs1.Cl. The Balaban J connectivity index is 0.00000192. The molecule has 1 saturated heterocycles. The molecular weight excluding hydrogens is 330 g/mol. The van der Waals surface area contributed by atoms with Crippen LogP contribution in [0.2, 0.25) is 0 Å². The Hall–Kier alpha value is -1.43. The molecule has 0 aliphatic carbocycles. The van der Waals surface area contributed by atoms with E-state index in [2.05, 4.69) is 15.6 Å². The van der Waals surface area contributed by atoms with Crippen molar-refractivity contribution in [2.24, 2.45) is 0 Å². The fourth-order valence-corrected chi connectivity index (χ4v) is 3.39. The predicted molar refractivity (Wildman–Crippen MR) is 98.4 cm³/mol. The van der Waals surface area contributed by atoms with Gasteiger partial charge in [-0.25, -0.2) is 4.98 Å². The van der Waals surface area contributed by atoms with Gasteiger partial charge >= 0.3 is 0 Å². The molecular formula is C17H22ClN3OS. The highest BCUT2D eigenvalue weighted by Gasteiger charge is 2.34. The molecule has 1 aromatic heterocycles. The van der Waals surface area contributed by atoms with Gasteiger partial charge in [-0.05, 0) is 51.8 Å². The first kappa shape index (κ1) is 17.9. The van der Waals surface area contributed by atoms with E-state index in [0.29, 0.717) is 0 Å². The molecule has 0 spiro atoms. The van der Waals surface area contributed by atoms with Crippen molar-refractivity contribution < 1.29 is 4.79 Å². The summed E-state index contributed by atoms with van der Waals surface area (Å²) in [7, 11) is 0. The van der Waals surface area contributed by atoms with E-state index in [1.807, 2.05) is 43.5 Å². The average molecular weight is 352 g/mol. The second kappa shape index (κ2) is 7.43. The van der Waals surface area contributed by atoms with Crippen molar-refractivity contribution in [1.29, 1.82) is 0 Å². The second-order valence-corrected chi connectivity index (χ2v) is 7.06. The number of benzene rings is 1. The van der Waals surface area contributed by atoms with Crippen LogP contribution in [0.15, 0.2) is 29.6 Å². The fraction of sp³-hybridized carbons (Fsp3) is 0.412. The minimum Gasteiger partial charge on any atom is -0.324 e. The van der Waals surface area contributed by atoms with Crippen molar-refractivity contribution in [3.05, 3.63) is 34.7 Å². The summed E-state index contributed by atoms with van der Waals surface area (Å²) in [5.41, 5.74) is 2.34. The highest BCUT2D eigenvalue weighted by atomic mass is 35.5. The number of rotatable bonds is 3. The quantitative estimate of drug-likeness (QED) is 0.878.